The molecule has 2 aromatic carbocycles. The third-order valence-corrected chi connectivity index (χ3v) is 3.48. The van der Waals surface area contributed by atoms with Crippen molar-refractivity contribution >= 4 is 11.8 Å². The predicted octanol–water partition coefficient (Wildman–Crippen LogP) is 3.01. The van der Waals surface area contributed by atoms with Gasteiger partial charge in [-0.05, 0) is 23.3 Å². The number of ether oxygens (including phenoxy) is 1. The number of aromatic hydroxyl groups is 1. The summed E-state index contributed by atoms with van der Waals surface area (Å²) in [6.07, 6.45) is -0.297. The highest BCUT2D eigenvalue weighted by molar-refractivity contribution is 5.84. The van der Waals surface area contributed by atoms with Gasteiger partial charge in [-0.25, -0.2) is 9.59 Å². The van der Waals surface area contributed by atoms with Gasteiger partial charge in [-0.15, -0.1) is 0 Å². The summed E-state index contributed by atoms with van der Waals surface area (Å²) in [5.74, 6) is -0.823. The fraction of sp³-hybridized carbons (Fsp3) is 0.111. The Bertz CT molecular complexity index is 897. The fourth-order valence-electron chi connectivity index (χ4n) is 2.24. The van der Waals surface area contributed by atoms with Crippen molar-refractivity contribution in [1.82, 2.24) is 4.98 Å². The zero-order valence-electron chi connectivity index (χ0n) is 13.2. The topological polar surface area (TPSA) is 105 Å². The van der Waals surface area contributed by atoms with Gasteiger partial charge in [0.2, 0.25) is 5.88 Å². The van der Waals surface area contributed by atoms with E-state index in [4.69, 9.17) is 9.15 Å². The lowest BCUT2D eigenvalue weighted by atomic mass is 10.1. The van der Waals surface area contributed by atoms with Crippen LogP contribution in [0.5, 0.6) is 5.88 Å². The van der Waals surface area contributed by atoms with Crippen LogP contribution < -0.4 is 11.1 Å². The molecule has 3 aromatic rings. The van der Waals surface area contributed by atoms with Gasteiger partial charge in [0.1, 0.15) is 6.61 Å². The molecule has 0 aliphatic heterocycles. The molecule has 128 valence electrons. The van der Waals surface area contributed by atoms with Crippen LogP contribution in [0.3, 0.4) is 0 Å². The molecule has 0 bridgehead atoms. The number of aromatic amines is 1. The van der Waals surface area contributed by atoms with E-state index in [1.165, 1.54) is 0 Å². The second kappa shape index (κ2) is 7.39. The molecule has 3 N–H and O–H groups in total. The molecule has 0 spiro atoms. The van der Waals surface area contributed by atoms with Crippen LogP contribution >= 0.6 is 0 Å². The summed E-state index contributed by atoms with van der Waals surface area (Å²) >= 11 is 0. The van der Waals surface area contributed by atoms with Crippen molar-refractivity contribution in [2.45, 2.75) is 13.0 Å². The Kier molecular flexibility index (Phi) is 4.84. The molecule has 0 saturated carbocycles. The minimum Gasteiger partial charge on any atom is -0.492 e. The van der Waals surface area contributed by atoms with Gasteiger partial charge >= 0.3 is 11.8 Å². The van der Waals surface area contributed by atoms with Crippen molar-refractivity contribution in [2.24, 2.45) is 0 Å². The number of rotatable bonds is 5. The number of hydrogen-bond donors (Lipinski definition) is 3. The maximum Gasteiger partial charge on any atom is 0.419 e. The van der Waals surface area contributed by atoms with E-state index in [2.05, 4.69) is 10.3 Å². The molecule has 0 fully saturated rings. The van der Waals surface area contributed by atoms with Gasteiger partial charge in [0.25, 0.3) is 0 Å². The average molecular weight is 340 g/mol. The zero-order valence-corrected chi connectivity index (χ0v) is 13.2. The van der Waals surface area contributed by atoms with Crippen LogP contribution in [0.4, 0.5) is 10.5 Å². The second-order valence-electron chi connectivity index (χ2n) is 5.35. The third-order valence-electron chi connectivity index (χ3n) is 3.48. The lowest BCUT2D eigenvalue weighted by Crippen LogP contribution is -2.13. The van der Waals surface area contributed by atoms with Crippen LogP contribution in [0.1, 0.15) is 16.9 Å². The summed E-state index contributed by atoms with van der Waals surface area (Å²) in [6, 6.07) is 16.3. The van der Waals surface area contributed by atoms with Crippen LogP contribution in [0, 0.1) is 0 Å². The molecule has 0 atom stereocenters. The van der Waals surface area contributed by atoms with E-state index in [0.29, 0.717) is 5.69 Å². The van der Waals surface area contributed by atoms with E-state index in [-0.39, 0.29) is 24.7 Å². The number of H-pyrrole nitrogens is 1. The molecular weight excluding hydrogens is 324 g/mol. The van der Waals surface area contributed by atoms with Gasteiger partial charge in [-0.2, -0.15) is 0 Å². The Hall–Kier alpha value is -3.48. The average Bonchev–Trinajstić information content (AvgIpc) is 2.93. The van der Waals surface area contributed by atoms with Crippen molar-refractivity contribution in [3.63, 3.8) is 0 Å². The normalized spacial score (nSPS) is 10.4. The van der Waals surface area contributed by atoms with Gasteiger partial charge < -0.3 is 14.3 Å². The van der Waals surface area contributed by atoms with E-state index in [1.807, 2.05) is 30.3 Å². The molecule has 7 heteroatoms. The summed E-state index contributed by atoms with van der Waals surface area (Å²) in [5, 5.41) is 12.1. The summed E-state index contributed by atoms with van der Waals surface area (Å²) in [6.45, 7) is 0.191. The van der Waals surface area contributed by atoms with E-state index in [9.17, 15) is 14.7 Å². The Morgan fingerprint density at radius 1 is 1.08 bits per heavy atom. The Labute approximate surface area is 142 Å². The minimum atomic E-state index is -0.702. The highest BCUT2D eigenvalue weighted by atomic mass is 16.5. The fourth-order valence-corrected chi connectivity index (χ4v) is 2.24. The highest BCUT2D eigenvalue weighted by Gasteiger charge is 2.10. The number of nitrogens with one attached hydrogen (secondary N) is 2. The molecule has 0 aliphatic rings. The molecule has 0 saturated heterocycles. The molecule has 0 radical (unpaired) electrons. The number of benzene rings is 2. The van der Waals surface area contributed by atoms with Gasteiger partial charge in [0, 0.05) is 12.1 Å². The van der Waals surface area contributed by atoms with Crippen molar-refractivity contribution < 1.29 is 19.1 Å². The van der Waals surface area contributed by atoms with E-state index in [1.54, 1.807) is 24.3 Å². The number of carbonyl (C=O) groups excluding carboxylic acids is 1. The van der Waals surface area contributed by atoms with Crippen molar-refractivity contribution in [3.8, 4) is 5.88 Å². The monoisotopic (exact) mass is 340 g/mol. The van der Waals surface area contributed by atoms with Crippen LogP contribution in [-0.2, 0) is 17.8 Å². The molecular formula is C18H16N2O5. The first kappa shape index (κ1) is 16.4. The number of oxazole rings is 1. The number of aromatic nitrogens is 1. The van der Waals surface area contributed by atoms with Crippen molar-refractivity contribution in [2.75, 3.05) is 5.32 Å². The van der Waals surface area contributed by atoms with Crippen LogP contribution in [-0.4, -0.2) is 16.2 Å². The summed E-state index contributed by atoms with van der Waals surface area (Å²) in [7, 11) is 0. The quantitative estimate of drug-likeness (QED) is 0.662. The number of amides is 1. The third kappa shape index (κ3) is 4.51. The Morgan fingerprint density at radius 2 is 1.80 bits per heavy atom. The van der Waals surface area contributed by atoms with E-state index < -0.39 is 11.8 Å². The Morgan fingerprint density at radius 3 is 2.44 bits per heavy atom. The molecule has 1 heterocycles. The molecule has 1 amide bonds. The minimum absolute atomic E-state index is 0.160. The number of hydrogen-bond acceptors (Lipinski definition) is 5. The number of carbonyl (C=O) groups is 1. The maximum absolute atomic E-state index is 11.8. The standard InChI is InChI=1S/C18H16N2O5/c21-16-15(25-18(23)20-16)10-12-6-8-14(9-7-12)19-17(22)24-11-13-4-2-1-3-5-13/h1-9,21H,10-11H2,(H,19,22)(H,20,23). The Balaban J connectivity index is 1.54. The lowest BCUT2D eigenvalue weighted by molar-refractivity contribution is 0.155. The molecule has 0 unspecified atom stereocenters. The van der Waals surface area contributed by atoms with Crippen LogP contribution in [0.25, 0.3) is 0 Å². The second-order valence-corrected chi connectivity index (χ2v) is 5.35. The molecule has 0 aliphatic carbocycles. The molecule has 7 nitrogen and oxygen atoms in total. The zero-order chi connectivity index (χ0) is 17.6. The van der Waals surface area contributed by atoms with E-state index >= 15 is 0 Å². The van der Waals surface area contributed by atoms with Crippen molar-refractivity contribution in [3.05, 3.63) is 82.0 Å². The van der Waals surface area contributed by atoms with Gasteiger partial charge in [0.15, 0.2) is 5.76 Å². The number of anilines is 1. The molecule has 1 aromatic heterocycles. The maximum atomic E-state index is 11.8. The van der Waals surface area contributed by atoms with Crippen LogP contribution in [0.2, 0.25) is 0 Å². The summed E-state index contributed by atoms with van der Waals surface area (Å²) in [5.41, 5.74) is 2.28. The summed E-state index contributed by atoms with van der Waals surface area (Å²) < 4.78 is 9.98. The summed E-state index contributed by atoms with van der Waals surface area (Å²) in [4.78, 5) is 24.9. The predicted molar refractivity (Wildman–Crippen MR) is 90.5 cm³/mol. The lowest BCUT2D eigenvalue weighted by Gasteiger charge is -2.07. The van der Waals surface area contributed by atoms with E-state index in [0.717, 1.165) is 11.1 Å². The van der Waals surface area contributed by atoms with Gasteiger partial charge in [0.05, 0.1) is 0 Å². The highest BCUT2D eigenvalue weighted by Crippen LogP contribution is 2.18. The largest absolute Gasteiger partial charge is 0.492 e. The first-order valence-corrected chi connectivity index (χ1v) is 7.58. The first-order chi connectivity index (χ1) is 12.1. The SMILES string of the molecule is O=C(Nc1ccc(Cc2oc(=O)[nH]c2O)cc1)OCc1ccccc1. The molecule has 3 rings (SSSR count). The van der Waals surface area contributed by atoms with Crippen molar-refractivity contribution in [1.29, 1.82) is 0 Å². The molecule has 25 heavy (non-hydrogen) atoms. The first-order valence-electron chi connectivity index (χ1n) is 7.58. The van der Waals surface area contributed by atoms with Gasteiger partial charge in [-0.1, -0.05) is 42.5 Å². The smallest absolute Gasteiger partial charge is 0.419 e. The van der Waals surface area contributed by atoms with Gasteiger partial charge in [-0.3, -0.25) is 10.3 Å². The van der Waals surface area contributed by atoms with Crippen LogP contribution in [0.15, 0.2) is 63.8 Å².